The molecular formula is C7H15NO2. The van der Waals surface area contributed by atoms with Gasteiger partial charge >= 0.3 is 5.97 Å². The molecule has 0 saturated heterocycles. The maximum Gasteiger partial charge on any atom is 0.320 e. The Morgan fingerprint density at radius 1 is 1.50 bits per heavy atom. The summed E-state index contributed by atoms with van der Waals surface area (Å²) in [6.45, 7) is 7.22. The molecule has 0 bridgehead atoms. The molecule has 0 saturated carbocycles. The van der Waals surface area contributed by atoms with Gasteiger partial charge in [0.15, 0.2) is 0 Å². The maximum absolute atomic E-state index is 10.4. The lowest BCUT2D eigenvalue weighted by Crippen LogP contribution is -2.38. The molecule has 0 amide bonds. The first-order valence-corrected chi connectivity index (χ1v) is 3.60. The van der Waals surface area contributed by atoms with Crippen molar-refractivity contribution in [1.29, 1.82) is 0 Å². The Hall–Kier alpha value is -0.570. The van der Waals surface area contributed by atoms with Gasteiger partial charge in [-0.1, -0.05) is 13.8 Å². The second-order valence-corrected chi connectivity index (χ2v) is 2.24. The van der Waals surface area contributed by atoms with Gasteiger partial charge in [-0.15, -0.1) is 0 Å². The summed E-state index contributed by atoms with van der Waals surface area (Å²) in [6, 6.07) is -0.352. The number of carbonyl (C=O) groups is 1. The first kappa shape index (κ1) is 9.43. The molecule has 0 aromatic carbocycles. The molecule has 0 unspecified atom stereocenters. The Morgan fingerprint density at radius 3 is 2.00 bits per heavy atom. The molecule has 0 aromatic rings. The summed E-state index contributed by atoms with van der Waals surface area (Å²) in [6.07, 6.45) is 0. The number of hydrogen-bond acceptors (Lipinski definition) is 2. The van der Waals surface area contributed by atoms with Crippen LogP contribution in [0.15, 0.2) is 0 Å². The molecule has 0 aromatic heterocycles. The lowest BCUT2D eigenvalue weighted by molar-refractivity contribution is -0.142. The van der Waals surface area contributed by atoms with Crippen molar-refractivity contribution < 1.29 is 9.90 Å². The predicted molar refractivity (Wildman–Crippen MR) is 40.0 cm³/mol. The molecule has 3 heteroatoms. The molecule has 10 heavy (non-hydrogen) atoms. The molecule has 0 fully saturated rings. The third-order valence-electron chi connectivity index (χ3n) is 1.72. The van der Waals surface area contributed by atoms with Crippen LogP contribution in [0.5, 0.6) is 0 Å². The van der Waals surface area contributed by atoms with Gasteiger partial charge in [0.1, 0.15) is 6.04 Å². The van der Waals surface area contributed by atoms with Crippen molar-refractivity contribution in [3.63, 3.8) is 0 Å². The summed E-state index contributed by atoms with van der Waals surface area (Å²) in [5.41, 5.74) is 0. The van der Waals surface area contributed by atoms with E-state index in [2.05, 4.69) is 0 Å². The average Bonchev–Trinajstić information content (AvgIpc) is 1.90. The Kier molecular flexibility index (Phi) is 4.03. The number of carboxylic acids is 1. The van der Waals surface area contributed by atoms with E-state index in [1.54, 1.807) is 6.92 Å². The summed E-state index contributed by atoms with van der Waals surface area (Å²) < 4.78 is 0. The fourth-order valence-electron chi connectivity index (χ4n) is 0.928. The van der Waals surface area contributed by atoms with Crippen LogP contribution in [0, 0.1) is 0 Å². The van der Waals surface area contributed by atoms with E-state index in [1.807, 2.05) is 18.7 Å². The number of aliphatic carboxylic acids is 1. The highest BCUT2D eigenvalue weighted by Crippen LogP contribution is 1.96. The minimum atomic E-state index is -0.747. The van der Waals surface area contributed by atoms with E-state index < -0.39 is 5.97 Å². The standard InChI is InChI=1S/C7H15NO2/c1-4-8(5-2)6(3)7(9)10/h6H,4-5H2,1-3H3,(H,9,10)/t6-/m1/s1. The number of carboxylic acid groups (broad SMARTS) is 1. The smallest absolute Gasteiger partial charge is 0.320 e. The molecule has 0 aliphatic heterocycles. The van der Waals surface area contributed by atoms with Gasteiger partial charge in [-0.3, -0.25) is 9.69 Å². The highest BCUT2D eigenvalue weighted by atomic mass is 16.4. The molecule has 0 spiro atoms. The Bertz CT molecular complexity index is 110. The quantitative estimate of drug-likeness (QED) is 0.636. The van der Waals surface area contributed by atoms with E-state index in [4.69, 9.17) is 5.11 Å². The van der Waals surface area contributed by atoms with Crippen molar-refractivity contribution in [2.75, 3.05) is 13.1 Å². The van der Waals surface area contributed by atoms with E-state index >= 15 is 0 Å². The monoisotopic (exact) mass is 145 g/mol. The molecule has 0 radical (unpaired) electrons. The van der Waals surface area contributed by atoms with Gasteiger partial charge in [0.25, 0.3) is 0 Å². The molecule has 3 nitrogen and oxygen atoms in total. The Labute approximate surface area is 61.6 Å². The highest BCUT2D eigenvalue weighted by Gasteiger charge is 2.16. The minimum absolute atomic E-state index is 0.352. The van der Waals surface area contributed by atoms with E-state index in [0.29, 0.717) is 0 Å². The average molecular weight is 145 g/mol. The third kappa shape index (κ3) is 2.35. The topological polar surface area (TPSA) is 40.5 Å². The fourth-order valence-corrected chi connectivity index (χ4v) is 0.928. The van der Waals surface area contributed by atoms with Crippen LogP contribution in [-0.4, -0.2) is 35.1 Å². The summed E-state index contributed by atoms with van der Waals surface area (Å²) in [4.78, 5) is 12.3. The maximum atomic E-state index is 10.4. The van der Waals surface area contributed by atoms with E-state index in [1.165, 1.54) is 0 Å². The molecular weight excluding hydrogens is 130 g/mol. The molecule has 0 aliphatic carbocycles. The van der Waals surface area contributed by atoms with Gasteiger partial charge < -0.3 is 5.11 Å². The van der Waals surface area contributed by atoms with Gasteiger partial charge in [0, 0.05) is 0 Å². The van der Waals surface area contributed by atoms with Crippen molar-refractivity contribution in [3.05, 3.63) is 0 Å². The minimum Gasteiger partial charge on any atom is -0.480 e. The second kappa shape index (κ2) is 4.28. The number of hydrogen-bond donors (Lipinski definition) is 1. The van der Waals surface area contributed by atoms with E-state index in [9.17, 15) is 4.79 Å². The predicted octanol–water partition coefficient (Wildman–Crippen LogP) is 0.801. The molecule has 1 atom stereocenters. The largest absolute Gasteiger partial charge is 0.480 e. The molecule has 60 valence electrons. The van der Waals surface area contributed by atoms with Crippen LogP contribution in [0.25, 0.3) is 0 Å². The van der Waals surface area contributed by atoms with Crippen LogP contribution in [0.1, 0.15) is 20.8 Å². The Balaban J connectivity index is 3.88. The van der Waals surface area contributed by atoms with Crippen LogP contribution >= 0.6 is 0 Å². The number of likely N-dealkylation sites (N-methyl/N-ethyl adjacent to an activating group) is 1. The normalized spacial score (nSPS) is 13.6. The second-order valence-electron chi connectivity index (χ2n) is 2.24. The molecule has 1 N–H and O–H groups in total. The summed E-state index contributed by atoms with van der Waals surface area (Å²) in [7, 11) is 0. The highest BCUT2D eigenvalue weighted by molar-refractivity contribution is 5.72. The SMILES string of the molecule is CCN(CC)[C@H](C)C(=O)O. The van der Waals surface area contributed by atoms with Crippen LogP contribution in [0.2, 0.25) is 0 Å². The van der Waals surface area contributed by atoms with Crippen LogP contribution in [0.4, 0.5) is 0 Å². The molecule has 0 rings (SSSR count). The first-order valence-electron chi connectivity index (χ1n) is 3.60. The first-order chi connectivity index (χ1) is 4.63. The van der Waals surface area contributed by atoms with Gasteiger partial charge in [0.05, 0.1) is 0 Å². The van der Waals surface area contributed by atoms with Gasteiger partial charge in [-0.2, -0.15) is 0 Å². The van der Waals surface area contributed by atoms with Gasteiger partial charge in [-0.05, 0) is 20.0 Å². The van der Waals surface area contributed by atoms with Crippen LogP contribution < -0.4 is 0 Å². The zero-order valence-corrected chi connectivity index (χ0v) is 6.79. The lowest BCUT2D eigenvalue weighted by atomic mass is 10.3. The van der Waals surface area contributed by atoms with E-state index in [0.717, 1.165) is 13.1 Å². The van der Waals surface area contributed by atoms with Crippen molar-refractivity contribution in [2.24, 2.45) is 0 Å². The van der Waals surface area contributed by atoms with Gasteiger partial charge in [0.2, 0.25) is 0 Å². The Morgan fingerprint density at radius 2 is 1.90 bits per heavy atom. The summed E-state index contributed by atoms with van der Waals surface area (Å²) in [5.74, 6) is -0.747. The van der Waals surface area contributed by atoms with E-state index in [-0.39, 0.29) is 6.04 Å². The fraction of sp³-hybridized carbons (Fsp3) is 0.857. The number of nitrogens with zero attached hydrogens (tertiary/aromatic N) is 1. The molecule has 0 heterocycles. The van der Waals surface area contributed by atoms with Crippen molar-refractivity contribution >= 4 is 5.97 Å². The molecule has 0 aliphatic rings. The van der Waals surface area contributed by atoms with Crippen molar-refractivity contribution in [2.45, 2.75) is 26.8 Å². The zero-order chi connectivity index (χ0) is 8.15. The van der Waals surface area contributed by atoms with Crippen molar-refractivity contribution in [3.8, 4) is 0 Å². The summed E-state index contributed by atoms with van der Waals surface area (Å²) >= 11 is 0. The summed E-state index contributed by atoms with van der Waals surface area (Å²) in [5, 5.41) is 8.57. The lowest BCUT2D eigenvalue weighted by Gasteiger charge is -2.22. The zero-order valence-electron chi connectivity index (χ0n) is 6.79. The van der Waals surface area contributed by atoms with Crippen LogP contribution in [0.3, 0.4) is 0 Å². The third-order valence-corrected chi connectivity index (χ3v) is 1.72. The van der Waals surface area contributed by atoms with Crippen molar-refractivity contribution in [1.82, 2.24) is 4.90 Å². The van der Waals surface area contributed by atoms with Gasteiger partial charge in [-0.25, -0.2) is 0 Å². The van der Waals surface area contributed by atoms with Crippen LogP contribution in [-0.2, 0) is 4.79 Å². The number of rotatable bonds is 4.